The number of amides is 2. The van der Waals surface area contributed by atoms with Crippen LogP contribution in [0.15, 0.2) is 42.9 Å². The Labute approximate surface area is 227 Å². The van der Waals surface area contributed by atoms with Crippen molar-refractivity contribution >= 4 is 40.4 Å². The van der Waals surface area contributed by atoms with E-state index in [2.05, 4.69) is 36.0 Å². The second-order valence-corrected chi connectivity index (χ2v) is 10.1. The number of nitrogens with zero attached hydrogens (tertiary/aromatic N) is 5. The second-order valence-electron chi connectivity index (χ2n) is 9.43. The van der Waals surface area contributed by atoms with Crippen molar-refractivity contribution in [1.82, 2.24) is 24.6 Å². The van der Waals surface area contributed by atoms with Crippen LogP contribution in [0.3, 0.4) is 0 Å². The van der Waals surface area contributed by atoms with E-state index in [4.69, 9.17) is 9.47 Å². The van der Waals surface area contributed by atoms with Crippen molar-refractivity contribution in [3.8, 4) is 5.75 Å². The number of urea groups is 1. The molecule has 0 atom stereocenters. The Bertz CT molecular complexity index is 1200. The molecule has 2 aliphatic rings. The zero-order chi connectivity index (χ0) is 26.2. The first-order valence-electron chi connectivity index (χ1n) is 13.2. The zero-order valence-electron chi connectivity index (χ0n) is 21.8. The lowest BCUT2D eigenvalue weighted by atomic mass is 9.91. The molecule has 3 aromatic rings. The Morgan fingerprint density at radius 1 is 1.11 bits per heavy atom. The van der Waals surface area contributed by atoms with Crippen LogP contribution in [0.1, 0.15) is 30.9 Å². The Hall–Kier alpha value is -3.15. The predicted octanol–water partition coefficient (Wildman–Crippen LogP) is 3.91. The molecular formula is C27H35N7O3S. The molecule has 0 bridgehead atoms. The molecular weight excluding hydrogens is 502 g/mol. The highest BCUT2D eigenvalue weighted by atomic mass is 32.2. The van der Waals surface area contributed by atoms with Crippen LogP contribution in [0.4, 0.5) is 16.3 Å². The van der Waals surface area contributed by atoms with Gasteiger partial charge in [-0.05, 0) is 49.8 Å². The Morgan fingerprint density at radius 2 is 1.95 bits per heavy atom. The fourth-order valence-corrected chi connectivity index (χ4v) is 5.26. The fraction of sp³-hybridized carbons (Fsp3) is 0.481. The van der Waals surface area contributed by atoms with E-state index in [1.807, 2.05) is 35.4 Å². The summed E-state index contributed by atoms with van der Waals surface area (Å²) >= 11 is 1.62. The summed E-state index contributed by atoms with van der Waals surface area (Å²) in [6.07, 6.45) is 8.03. The van der Waals surface area contributed by atoms with Gasteiger partial charge in [-0.25, -0.2) is 19.7 Å². The number of carbonyl (C=O) groups is 1. The fourth-order valence-electron chi connectivity index (χ4n) is 4.91. The molecule has 0 aliphatic carbocycles. The molecule has 202 valence electrons. The molecule has 38 heavy (non-hydrogen) atoms. The van der Waals surface area contributed by atoms with Gasteiger partial charge in [0, 0.05) is 50.1 Å². The monoisotopic (exact) mass is 537 g/mol. The van der Waals surface area contributed by atoms with E-state index in [1.165, 1.54) is 0 Å². The van der Waals surface area contributed by atoms with Crippen molar-refractivity contribution in [3.05, 3.63) is 48.5 Å². The molecule has 5 rings (SSSR count). The van der Waals surface area contributed by atoms with E-state index < -0.39 is 0 Å². The Morgan fingerprint density at radius 3 is 2.71 bits per heavy atom. The summed E-state index contributed by atoms with van der Waals surface area (Å²) in [4.78, 5) is 30.6. The number of aromatic nitrogens is 3. The topological polar surface area (TPSA) is 105 Å². The number of ether oxygens (including phenoxy) is 2. The maximum absolute atomic E-state index is 12.9. The third-order valence-electron chi connectivity index (χ3n) is 6.98. The highest BCUT2D eigenvalue weighted by Crippen LogP contribution is 2.32. The SMILES string of the molecule is CSNCCCOc1ccc2c(C3CCN(C(=O)Nc4ccc(N5CCOCC5)nc4)CC3)ncnc2c1. The number of hydrogen-bond donors (Lipinski definition) is 2. The van der Waals surface area contributed by atoms with Gasteiger partial charge < -0.3 is 24.6 Å². The van der Waals surface area contributed by atoms with Crippen molar-refractivity contribution in [2.45, 2.75) is 25.2 Å². The van der Waals surface area contributed by atoms with E-state index in [0.717, 1.165) is 67.1 Å². The van der Waals surface area contributed by atoms with E-state index >= 15 is 0 Å². The molecule has 0 radical (unpaired) electrons. The number of pyridine rings is 1. The van der Waals surface area contributed by atoms with Crippen molar-refractivity contribution in [2.75, 3.05) is 69.0 Å². The van der Waals surface area contributed by atoms with Gasteiger partial charge in [-0.15, -0.1) is 0 Å². The zero-order valence-corrected chi connectivity index (χ0v) is 22.6. The lowest BCUT2D eigenvalue weighted by molar-refractivity contribution is 0.122. The maximum Gasteiger partial charge on any atom is 0.321 e. The van der Waals surface area contributed by atoms with Crippen LogP contribution in [-0.2, 0) is 4.74 Å². The quantitative estimate of drug-likeness (QED) is 0.310. The van der Waals surface area contributed by atoms with Gasteiger partial charge in [-0.2, -0.15) is 0 Å². The van der Waals surface area contributed by atoms with Crippen molar-refractivity contribution in [2.24, 2.45) is 0 Å². The number of piperidine rings is 1. The number of rotatable bonds is 9. The lowest BCUT2D eigenvalue weighted by Crippen LogP contribution is -2.40. The van der Waals surface area contributed by atoms with Crippen LogP contribution in [0.2, 0.25) is 0 Å². The number of anilines is 2. The number of nitrogens with one attached hydrogen (secondary N) is 2. The summed E-state index contributed by atoms with van der Waals surface area (Å²) < 4.78 is 14.5. The van der Waals surface area contributed by atoms with Gasteiger partial charge in [-0.1, -0.05) is 11.9 Å². The minimum atomic E-state index is -0.0913. The highest BCUT2D eigenvalue weighted by molar-refractivity contribution is 7.96. The van der Waals surface area contributed by atoms with Gasteiger partial charge in [0.25, 0.3) is 0 Å². The van der Waals surface area contributed by atoms with Crippen molar-refractivity contribution in [1.29, 1.82) is 0 Å². The third-order valence-corrected chi connectivity index (χ3v) is 7.47. The van der Waals surface area contributed by atoms with E-state index in [1.54, 1.807) is 24.5 Å². The molecule has 2 N–H and O–H groups in total. The van der Waals surface area contributed by atoms with Crippen molar-refractivity contribution < 1.29 is 14.3 Å². The number of hydrogen-bond acceptors (Lipinski definition) is 9. The van der Waals surface area contributed by atoms with Crippen molar-refractivity contribution in [3.63, 3.8) is 0 Å². The van der Waals surface area contributed by atoms with Gasteiger partial charge in [0.2, 0.25) is 0 Å². The molecule has 11 heteroatoms. The number of morpholine rings is 1. The molecule has 0 saturated carbocycles. The maximum atomic E-state index is 12.9. The molecule has 0 unspecified atom stereocenters. The first kappa shape index (κ1) is 26.5. The molecule has 2 amide bonds. The highest BCUT2D eigenvalue weighted by Gasteiger charge is 2.26. The van der Waals surface area contributed by atoms with Gasteiger partial charge in [0.15, 0.2) is 0 Å². The number of carbonyl (C=O) groups excluding carboxylic acids is 1. The van der Waals surface area contributed by atoms with Crippen LogP contribution in [0, 0.1) is 0 Å². The number of benzene rings is 1. The molecule has 2 aromatic heterocycles. The molecule has 2 saturated heterocycles. The van der Waals surface area contributed by atoms with E-state index in [9.17, 15) is 4.79 Å². The summed E-state index contributed by atoms with van der Waals surface area (Å²) in [5.74, 6) is 2.01. The largest absolute Gasteiger partial charge is 0.493 e. The van der Waals surface area contributed by atoms with Crippen LogP contribution in [0.5, 0.6) is 5.75 Å². The predicted molar refractivity (Wildman–Crippen MR) is 151 cm³/mol. The first-order valence-corrected chi connectivity index (χ1v) is 14.4. The van der Waals surface area contributed by atoms with E-state index in [-0.39, 0.29) is 11.9 Å². The smallest absolute Gasteiger partial charge is 0.321 e. The summed E-state index contributed by atoms with van der Waals surface area (Å²) in [5, 5.41) is 4.05. The molecule has 4 heterocycles. The number of fused-ring (bicyclic) bond motifs is 1. The number of likely N-dealkylation sites (tertiary alicyclic amines) is 1. The van der Waals surface area contributed by atoms with Gasteiger partial charge >= 0.3 is 6.03 Å². The van der Waals surface area contributed by atoms with Crippen LogP contribution in [0.25, 0.3) is 10.9 Å². The van der Waals surface area contributed by atoms with Gasteiger partial charge in [0.1, 0.15) is 17.9 Å². The van der Waals surface area contributed by atoms with Gasteiger partial charge in [0.05, 0.1) is 42.9 Å². The minimum absolute atomic E-state index is 0.0913. The van der Waals surface area contributed by atoms with E-state index in [0.29, 0.717) is 38.6 Å². The molecule has 2 fully saturated rings. The second kappa shape index (κ2) is 13.1. The Balaban J connectivity index is 1.14. The summed E-state index contributed by atoms with van der Waals surface area (Å²) in [7, 11) is 0. The Kier molecular flexibility index (Phi) is 9.11. The lowest BCUT2D eigenvalue weighted by Gasteiger charge is -2.32. The van der Waals surface area contributed by atoms with Crippen LogP contribution < -0.4 is 19.7 Å². The summed E-state index contributed by atoms with van der Waals surface area (Å²) in [6.45, 7) is 6.02. The van der Waals surface area contributed by atoms with Gasteiger partial charge in [-0.3, -0.25) is 4.72 Å². The standard InChI is InChI=1S/C27H35N7O3S/c1-38-31-9-2-14-37-22-4-5-23-24(17-22)29-19-30-26(23)20-7-10-34(11-8-20)27(35)32-21-3-6-25(28-18-21)33-12-15-36-16-13-33/h3-6,17-20,31H,2,7-16H2,1H3,(H,32,35). The third kappa shape index (κ3) is 6.64. The van der Waals surface area contributed by atoms with Crippen LogP contribution >= 0.6 is 11.9 Å². The molecule has 10 nitrogen and oxygen atoms in total. The molecule has 1 aromatic carbocycles. The van der Waals surface area contributed by atoms with Crippen LogP contribution in [-0.4, -0.2) is 84.7 Å². The average molecular weight is 538 g/mol. The normalized spacial score (nSPS) is 16.6. The summed E-state index contributed by atoms with van der Waals surface area (Å²) in [5.41, 5.74) is 2.64. The average Bonchev–Trinajstić information content (AvgIpc) is 2.97. The summed E-state index contributed by atoms with van der Waals surface area (Å²) in [6, 6.07) is 9.82. The first-order chi connectivity index (χ1) is 18.7. The minimum Gasteiger partial charge on any atom is -0.493 e. The molecule has 0 spiro atoms. The molecule has 2 aliphatic heterocycles.